The summed E-state index contributed by atoms with van der Waals surface area (Å²) in [6, 6.07) is 14.2. The van der Waals surface area contributed by atoms with Gasteiger partial charge in [0.05, 0.1) is 6.20 Å². The molecule has 0 saturated carbocycles. The third-order valence-electron chi connectivity index (χ3n) is 3.29. The summed E-state index contributed by atoms with van der Waals surface area (Å²) < 4.78 is 15.6. The number of Topliss-reactive ketones (excluding diaryl/α,β-unsaturated/α-hetero) is 1. The van der Waals surface area contributed by atoms with E-state index in [0.29, 0.717) is 11.3 Å². The van der Waals surface area contributed by atoms with E-state index in [0.717, 1.165) is 11.1 Å². The lowest BCUT2D eigenvalue weighted by atomic mass is 10.1. The van der Waals surface area contributed by atoms with Crippen molar-refractivity contribution in [2.75, 3.05) is 0 Å². The first-order valence-electron chi connectivity index (χ1n) is 6.56. The molecule has 0 spiro atoms. The molecule has 0 atom stereocenters. The summed E-state index contributed by atoms with van der Waals surface area (Å²) in [4.78, 5) is 11.2. The van der Waals surface area contributed by atoms with Gasteiger partial charge < -0.3 is 0 Å². The molecule has 0 fully saturated rings. The number of benzene rings is 2. The zero-order valence-corrected chi connectivity index (χ0v) is 11.5. The number of rotatable bonds is 3. The molecule has 0 bridgehead atoms. The lowest BCUT2D eigenvalue weighted by Crippen LogP contribution is -2.01. The van der Waals surface area contributed by atoms with Gasteiger partial charge in [0.2, 0.25) is 0 Å². The summed E-state index contributed by atoms with van der Waals surface area (Å²) in [6.07, 6.45) is 3.45. The van der Waals surface area contributed by atoms with Crippen molar-refractivity contribution in [1.82, 2.24) is 9.78 Å². The number of carbonyl (C=O) groups is 1. The minimum absolute atomic E-state index is 0.161. The van der Waals surface area contributed by atoms with Crippen LogP contribution in [0, 0.1) is 5.82 Å². The van der Waals surface area contributed by atoms with Gasteiger partial charge in [-0.25, -0.2) is 9.07 Å². The largest absolute Gasteiger partial charge is 0.295 e. The monoisotopic (exact) mass is 280 g/mol. The van der Waals surface area contributed by atoms with Crippen molar-refractivity contribution in [3.8, 4) is 16.8 Å². The fourth-order valence-corrected chi connectivity index (χ4v) is 2.15. The minimum Gasteiger partial charge on any atom is -0.295 e. The fraction of sp³-hybridized carbons (Fsp3) is 0.0588. The predicted molar refractivity (Wildman–Crippen MR) is 79.0 cm³/mol. The molecule has 0 aliphatic carbocycles. The number of ketones is 1. The molecule has 0 amide bonds. The molecular weight excluding hydrogens is 267 g/mol. The van der Waals surface area contributed by atoms with Crippen LogP contribution >= 0.6 is 0 Å². The third kappa shape index (κ3) is 2.60. The summed E-state index contributed by atoms with van der Waals surface area (Å²) in [7, 11) is 0. The van der Waals surface area contributed by atoms with E-state index < -0.39 is 5.82 Å². The molecule has 21 heavy (non-hydrogen) atoms. The Morgan fingerprint density at radius 2 is 1.86 bits per heavy atom. The molecule has 0 N–H and O–H groups in total. The summed E-state index contributed by atoms with van der Waals surface area (Å²) in [5.74, 6) is -0.628. The quantitative estimate of drug-likeness (QED) is 0.682. The average molecular weight is 280 g/mol. The molecule has 0 aliphatic heterocycles. The van der Waals surface area contributed by atoms with Crippen LogP contribution in [0.3, 0.4) is 0 Å². The van der Waals surface area contributed by atoms with Crippen LogP contribution in [-0.2, 0) is 0 Å². The summed E-state index contributed by atoms with van der Waals surface area (Å²) in [6.45, 7) is 1.41. The maximum Gasteiger partial charge on any atom is 0.159 e. The van der Waals surface area contributed by atoms with Gasteiger partial charge in [-0.3, -0.25) is 4.79 Å². The molecule has 0 aliphatic rings. The molecular formula is C17H13FN2O. The first-order valence-corrected chi connectivity index (χ1v) is 6.56. The Morgan fingerprint density at radius 3 is 2.52 bits per heavy atom. The number of halogens is 1. The minimum atomic E-state index is -0.467. The lowest BCUT2D eigenvalue weighted by Gasteiger charge is -2.04. The second-order valence-corrected chi connectivity index (χ2v) is 4.76. The molecule has 3 rings (SSSR count). The Labute approximate surface area is 121 Å². The van der Waals surface area contributed by atoms with Crippen molar-refractivity contribution in [2.24, 2.45) is 0 Å². The molecule has 3 aromatic rings. The predicted octanol–water partition coefficient (Wildman–Crippen LogP) is 3.88. The fourth-order valence-electron chi connectivity index (χ4n) is 2.15. The van der Waals surface area contributed by atoms with Crippen LogP contribution in [0.1, 0.15) is 17.3 Å². The highest BCUT2D eigenvalue weighted by molar-refractivity contribution is 5.94. The van der Waals surface area contributed by atoms with E-state index >= 15 is 0 Å². The Bertz CT molecular complexity index is 794. The van der Waals surface area contributed by atoms with E-state index in [1.807, 2.05) is 30.3 Å². The van der Waals surface area contributed by atoms with Crippen LogP contribution in [0.2, 0.25) is 0 Å². The first-order chi connectivity index (χ1) is 10.1. The third-order valence-corrected chi connectivity index (χ3v) is 3.29. The summed E-state index contributed by atoms with van der Waals surface area (Å²) in [5.41, 5.74) is 2.60. The molecule has 0 radical (unpaired) electrons. The van der Waals surface area contributed by atoms with Crippen molar-refractivity contribution >= 4 is 5.78 Å². The van der Waals surface area contributed by atoms with Gasteiger partial charge in [-0.2, -0.15) is 5.10 Å². The Morgan fingerprint density at radius 1 is 1.10 bits per heavy atom. The zero-order chi connectivity index (χ0) is 14.8. The number of carbonyl (C=O) groups excluding carboxylic acids is 1. The van der Waals surface area contributed by atoms with Gasteiger partial charge in [0.25, 0.3) is 0 Å². The van der Waals surface area contributed by atoms with Crippen LogP contribution in [0.25, 0.3) is 16.8 Å². The normalized spacial score (nSPS) is 10.6. The Balaban J connectivity index is 1.99. The maximum atomic E-state index is 14.1. The summed E-state index contributed by atoms with van der Waals surface area (Å²) >= 11 is 0. The van der Waals surface area contributed by atoms with Gasteiger partial charge >= 0.3 is 0 Å². The maximum absolute atomic E-state index is 14.1. The topological polar surface area (TPSA) is 34.9 Å². The number of aromatic nitrogens is 2. The molecule has 104 valence electrons. The van der Waals surface area contributed by atoms with Crippen molar-refractivity contribution in [3.05, 3.63) is 72.3 Å². The van der Waals surface area contributed by atoms with Gasteiger partial charge in [0.15, 0.2) is 5.78 Å². The van der Waals surface area contributed by atoms with Gasteiger partial charge in [-0.1, -0.05) is 30.3 Å². The lowest BCUT2D eigenvalue weighted by molar-refractivity contribution is 0.101. The Hall–Kier alpha value is -2.75. The van der Waals surface area contributed by atoms with E-state index in [1.54, 1.807) is 24.5 Å². The second kappa shape index (κ2) is 5.32. The van der Waals surface area contributed by atoms with E-state index in [-0.39, 0.29) is 5.78 Å². The van der Waals surface area contributed by atoms with Crippen LogP contribution < -0.4 is 0 Å². The summed E-state index contributed by atoms with van der Waals surface area (Å²) in [5, 5.41) is 4.19. The smallest absolute Gasteiger partial charge is 0.159 e. The van der Waals surface area contributed by atoms with Gasteiger partial charge in [-0.15, -0.1) is 0 Å². The molecule has 0 saturated heterocycles. The van der Waals surface area contributed by atoms with Gasteiger partial charge in [-0.05, 0) is 30.7 Å². The number of nitrogens with zero attached hydrogens (tertiary/aromatic N) is 2. The van der Waals surface area contributed by atoms with Crippen LogP contribution in [0.4, 0.5) is 4.39 Å². The van der Waals surface area contributed by atoms with Gasteiger partial charge in [0, 0.05) is 17.3 Å². The standard InChI is InChI=1S/C17H13FN2O/c1-12(21)14-7-8-17(16(18)9-14)20-11-15(10-19-20)13-5-3-2-4-6-13/h2-11H,1H3. The van der Waals surface area contributed by atoms with E-state index in [1.165, 1.54) is 17.7 Å². The molecule has 3 nitrogen and oxygen atoms in total. The zero-order valence-electron chi connectivity index (χ0n) is 11.5. The van der Waals surface area contributed by atoms with Crippen molar-refractivity contribution in [1.29, 1.82) is 0 Å². The van der Waals surface area contributed by atoms with Crippen molar-refractivity contribution in [3.63, 3.8) is 0 Å². The van der Waals surface area contributed by atoms with Gasteiger partial charge in [0.1, 0.15) is 11.5 Å². The first kappa shape index (κ1) is 13.2. The van der Waals surface area contributed by atoms with E-state index in [2.05, 4.69) is 5.10 Å². The molecule has 1 heterocycles. The van der Waals surface area contributed by atoms with Crippen LogP contribution in [-0.4, -0.2) is 15.6 Å². The molecule has 1 aromatic heterocycles. The number of hydrogen-bond donors (Lipinski definition) is 0. The van der Waals surface area contributed by atoms with E-state index in [4.69, 9.17) is 0 Å². The van der Waals surface area contributed by atoms with Crippen LogP contribution in [0.15, 0.2) is 60.9 Å². The Kier molecular flexibility index (Phi) is 3.36. The van der Waals surface area contributed by atoms with Crippen LogP contribution in [0.5, 0.6) is 0 Å². The van der Waals surface area contributed by atoms with Crippen molar-refractivity contribution in [2.45, 2.75) is 6.92 Å². The highest BCUT2D eigenvalue weighted by atomic mass is 19.1. The number of hydrogen-bond acceptors (Lipinski definition) is 2. The SMILES string of the molecule is CC(=O)c1ccc(-n2cc(-c3ccccc3)cn2)c(F)c1. The highest BCUT2D eigenvalue weighted by Crippen LogP contribution is 2.21. The highest BCUT2D eigenvalue weighted by Gasteiger charge is 2.10. The van der Waals surface area contributed by atoms with Crippen molar-refractivity contribution < 1.29 is 9.18 Å². The average Bonchev–Trinajstić information content (AvgIpc) is 2.97. The van der Waals surface area contributed by atoms with E-state index in [9.17, 15) is 9.18 Å². The second-order valence-electron chi connectivity index (χ2n) is 4.76. The molecule has 2 aromatic carbocycles. The molecule has 0 unspecified atom stereocenters. The molecule has 4 heteroatoms.